The number of nitrogens with zero attached hydrogens (tertiary/aromatic N) is 2. The van der Waals surface area contributed by atoms with Gasteiger partial charge in [0.15, 0.2) is 0 Å². The summed E-state index contributed by atoms with van der Waals surface area (Å²) in [6.07, 6.45) is 1.58. The molecule has 0 bridgehead atoms. The number of ether oxygens (including phenoxy) is 1. The van der Waals surface area contributed by atoms with Gasteiger partial charge < -0.3 is 9.72 Å². The van der Waals surface area contributed by atoms with Crippen molar-refractivity contribution in [1.29, 1.82) is 0 Å². The van der Waals surface area contributed by atoms with Crippen molar-refractivity contribution in [3.05, 3.63) is 40.3 Å². The molecule has 134 valence electrons. The molecule has 1 saturated heterocycles. The molecule has 2 aromatic rings. The van der Waals surface area contributed by atoms with E-state index < -0.39 is 5.60 Å². The maximum atomic E-state index is 12.5. The lowest BCUT2D eigenvalue weighted by atomic mass is 10.1. The number of carbonyl (C=O) groups is 1. The van der Waals surface area contributed by atoms with Crippen molar-refractivity contribution < 1.29 is 9.53 Å². The predicted molar refractivity (Wildman–Crippen MR) is 101 cm³/mol. The molecule has 0 saturated carbocycles. The first kappa shape index (κ1) is 18.0. The molecular formula is C19H24BrN3O2. The monoisotopic (exact) mass is 405 g/mol. The van der Waals surface area contributed by atoms with Gasteiger partial charge in [-0.1, -0.05) is 28.1 Å². The number of hydrogen-bond donors (Lipinski definition) is 1. The van der Waals surface area contributed by atoms with Crippen LogP contribution < -0.4 is 0 Å². The average Bonchev–Trinajstić information content (AvgIpc) is 3.13. The van der Waals surface area contributed by atoms with E-state index in [1.165, 1.54) is 0 Å². The van der Waals surface area contributed by atoms with Crippen molar-refractivity contribution in [2.75, 3.05) is 6.54 Å². The number of hydrogen-bond acceptors (Lipinski definition) is 3. The van der Waals surface area contributed by atoms with Gasteiger partial charge in [-0.05, 0) is 52.7 Å². The molecule has 2 heterocycles. The zero-order valence-electron chi connectivity index (χ0n) is 15.1. The van der Waals surface area contributed by atoms with Gasteiger partial charge in [0.25, 0.3) is 0 Å². The van der Waals surface area contributed by atoms with Crippen molar-refractivity contribution in [3.63, 3.8) is 0 Å². The minimum absolute atomic E-state index is 0.0576. The molecule has 1 aromatic carbocycles. The van der Waals surface area contributed by atoms with Crippen LogP contribution in [0.1, 0.15) is 51.2 Å². The van der Waals surface area contributed by atoms with Crippen molar-refractivity contribution in [3.8, 4) is 11.3 Å². The number of likely N-dealkylation sites (tertiary alicyclic amines) is 1. The Balaban J connectivity index is 1.85. The van der Waals surface area contributed by atoms with Crippen molar-refractivity contribution in [1.82, 2.24) is 14.9 Å². The first-order valence-corrected chi connectivity index (χ1v) is 9.36. The van der Waals surface area contributed by atoms with Crippen LogP contribution in [0.4, 0.5) is 4.79 Å². The van der Waals surface area contributed by atoms with Gasteiger partial charge in [-0.25, -0.2) is 9.78 Å². The highest BCUT2D eigenvalue weighted by atomic mass is 79.9. The van der Waals surface area contributed by atoms with Crippen LogP contribution in [0.3, 0.4) is 0 Å². The highest BCUT2D eigenvalue weighted by molar-refractivity contribution is 9.10. The number of nitrogens with one attached hydrogen (secondary N) is 1. The largest absolute Gasteiger partial charge is 0.444 e. The second-order valence-electron chi connectivity index (χ2n) is 7.43. The number of benzene rings is 1. The minimum Gasteiger partial charge on any atom is -0.444 e. The van der Waals surface area contributed by atoms with Crippen LogP contribution in [0.25, 0.3) is 11.3 Å². The molecule has 0 aliphatic carbocycles. The number of rotatable bonds is 2. The van der Waals surface area contributed by atoms with E-state index in [2.05, 4.69) is 20.9 Å². The van der Waals surface area contributed by atoms with E-state index in [9.17, 15) is 4.79 Å². The molecule has 1 amide bonds. The second kappa shape index (κ2) is 6.83. The van der Waals surface area contributed by atoms with Crippen LogP contribution in [0, 0.1) is 6.92 Å². The standard InChI is InChI=1S/C19H24BrN3O2/c1-12-16(13-7-9-14(20)10-8-13)22-17(21-12)15-6-5-11-23(15)18(24)25-19(2,3)4/h7-10,15H,5-6,11H2,1-4H3,(H,21,22). The highest BCUT2D eigenvalue weighted by Crippen LogP contribution is 2.34. The first-order chi connectivity index (χ1) is 11.7. The number of carbonyl (C=O) groups excluding carboxylic acids is 1. The lowest BCUT2D eigenvalue weighted by Crippen LogP contribution is -2.36. The molecule has 1 N–H and O–H groups in total. The minimum atomic E-state index is -0.494. The van der Waals surface area contributed by atoms with Gasteiger partial charge in [-0.3, -0.25) is 4.90 Å². The zero-order valence-corrected chi connectivity index (χ0v) is 16.7. The van der Waals surface area contributed by atoms with Crippen molar-refractivity contribution >= 4 is 22.0 Å². The van der Waals surface area contributed by atoms with E-state index in [1.807, 2.05) is 52.0 Å². The molecule has 6 heteroatoms. The smallest absolute Gasteiger partial charge is 0.410 e. The van der Waals surface area contributed by atoms with Gasteiger partial charge in [0.1, 0.15) is 11.4 Å². The fraction of sp³-hybridized carbons (Fsp3) is 0.474. The van der Waals surface area contributed by atoms with Gasteiger partial charge in [-0.15, -0.1) is 0 Å². The maximum Gasteiger partial charge on any atom is 0.410 e. The van der Waals surface area contributed by atoms with E-state index in [-0.39, 0.29) is 12.1 Å². The predicted octanol–water partition coefficient (Wildman–Crippen LogP) is 5.22. The summed E-state index contributed by atoms with van der Waals surface area (Å²) < 4.78 is 6.59. The van der Waals surface area contributed by atoms with Gasteiger partial charge in [0.2, 0.25) is 0 Å². The highest BCUT2D eigenvalue weighted by Gasteiger charge is 2.35. The average molecular weight is 406 g/mol. The Kier molecular flexibility index (Phi) is 4.91. The number of imidazole rings is 1. The lowest BCUT2D eigenvalue weighted by Gasteiger charge is -2.27. The summed E-state index contributed by atoms with van der Waals surface area (Å²) in [5.41, 5.74) is 2.50. The summed E-state index contributed by atoms with van der Waals surface area (Å²) in [6.45, 7) is 8.38. The van der Waals surface area contributed by atoms with Crippen LogP contribution >= 0.6 is 15.9 Å². The summed E-state index contributed by atoms with van der Waals surface area (Å²) in [4.78, 5) is 22.5. The topological polar surface area (TPSA) is 58.2 Å². The van der Waals surface area contributed by atoms with Crippen molar-refractivity contribution in [2.24, 2.45) is 0 Å². The molecule has 1 aliphatic heterocycles. The number of H-pyrrole nitrogens is 1. The summed E-state index contributed by atoms with van der Waals surface area (Å²) >= 11 is 3.46. The van der Waals surface area contributed by atoms with Crippen LogP contribution in [0.15, 0.2) is 28.7 Å². The normalized spacial score (nSPS) is 17.8. The molecule has 1 fully saturated rings. The number of aromatic amines is 1. The van der Waals surface area contributed by atoms with Crippen LogP contribution in [-0.4, -0.2) is 33.1 Å². The Morgan fingerprint density at radius 1 is 1.32 bits per heavy atom. The van der Waals surface area contributed by atoms with Gasteiger partial charge >= 0.3 is 6.09 Å². The summed E-state index contributed by atoms with van der Waals surface area (Å²) in [6, 6.07) is 8.03. The van der Waals surface area contributed by atoms with E-state index in [4.69, 9.17) is 9.72 Å². The Labute approximate surface area is 156 Å². The Hall–Kier alpha value is -1.82. The molecule has 5 nitrogen and oxygen atoms in total. The fourth-order valence-corrected chi connectivity index (χ4v) is 3.38. The summed E-state index contributed by atoms with van der Waals surface area (Å²) in [5.74, 6) is 0.832. The molecule has 3 rings (SSSR count). The molecule has 1 atom stereocenters. The summed E-state index contributed by atoms with van der Waals surface area (Å²) in [5, 5.41) is 0. The van der Waals surface area contributed by atoms with E-state index >= 15 is 0 Å². The molecule has 1 aliphatic rings. The van der Waals surface area contributed by atoms with E-state index in [1.54, 1.807) is 4.90 Å². The quantitative estimate of drug-likeness (QED) is 0.744. The number of halogens is 1. The fourth-order valence-electron chi connectivity index (χ4n) is 3.12. The maximum absolute atomic E-state index is 12.5. The number of aromatic nitrogens is 2. The molecule has 1 aromatic heterocycles. The second-order valence-corrected chi connectivity index (χ2v) is 8.35. The molecule has 25 heavy (non-hydrogen) atoms. The summed E-state index contributed by atoms with van der Waals surface area (Å²) in [7, 11) is 0. The number of aryl methyl sites for hydroxylation is 1. The Morgan fingerprint density at radius 2 is 2.00 bits per heavy atom. The first-order valence-electron chi connectivity index (χ1n) is 8.56. The van der Waals surface area contributed by atoms with Gasteiger partial charge in [-0.2, -0.15) is 0 Å². The molecule has 0 radical (unpaired) electrons. The van der Waals surface area contributed by atoms with Crippen molar-refractivity contribution in [2.45, 2.75) is 52.2 Å². The SMILES string of the molecule is Cc1[nH]c(C2CCCN2C(=O)OC(C)(C)C)nc1-c1ccc(Br)cc1. The van der Waals surface area contributed by atoms with Gasteiger partial charge in [0.05, 0.1) is 11.7 Å². The van der Waals surface area contributed by atoms with E-state index in [0.717, 1.165) is 40.1 Å². The van der Waals surface area contributed by atoms with Crippen LogP contribution in [0.5, 0.6) is 0 Å². The zero-order chi connectivity index (χ0) is 18.2. The number of amides is 1. The third kappa shape index (κ3) is 4.06. The molecular weight excluding hydrogens is 382 g/mol. The lowest BCUT2D eigenvalue weighted by molar-refractivity contribution is 0.0218. The van der Waals surface area contributed by atoms with E-state index in [0.29, 0.717) is 6.54 Å². The van der Waals surface area contributed by atoms with Gasteiger partial charge in [0, 0.05) is 22.3 Å². The Morgan fingerprint density at radius 3 is 2.64 bits per heavy atom. The molecule has 0 spiro atoms. The Bertz CT molecular complexity index is 762. The van der Waals surface area contributed by atoms with Crippen LogP contribution in [0.2, 0.25) is 0 Å². The molecule has 1 unspecified atom stereocenters. The third-order valence-electron chi connectivity index (χ3n) is 4.22. The van der Waals surface area contributed by atoms with Crippen LogP contribution in [-0.2, 0) is 4.74 Å². The third-order valence-corrected chi connectivity index (χ3v) is 4.75.